The molecule has 3 aromatic carbocycles. The van der Waals surface area contributed by atoms with Crippen molar-refractivity contribution in [2.24, 2.45) is 0 Å². The number of carbonyl (C=O) groups is 2. The van der Waals surface area contributed by atoms with Gasteiger partial charge in [-0.1, -0.05) is 92.1 Å². The lowest BCUT2D eigenvalue weighted by atomic mass is 9.90. The molecule has 1 aliphatic carbocycles. The van der Waals surface area contributed by atoms with Crippen LogP contribution in [0, 0.1) is 0 Å². The number of benzene rings is 3. The van der Waals surface area contributed by atoms with Crippen LogP contribution in [-0.2, 0) is 4.79 Å². The minimum Gasteiger partial charge on any atom is -0.339 e. The Labute approximate surface area is 212 Å². The van der Waals surface area contributed by atoms with E-state index in [1.54, 1.807) is 6.07 Å². The van der Waals surface area contributed by atoms with Gasteiger partial charge in [0.2, 0.25) is 5.91 Å². The number of anilines is 1. The van der Waals surface area contributed by atoms with E-state index in [-0.39, 0.29) is 23.0 Å². The smallest absolute Gasteiger partial charge is 0.255 e. The summed E-state index contributed by atoms with van der Waals surface area (Å²) >= 11 is 5.50. The van der Waals surface area contributed by atoms with Crippen molar-refractivity contribution >= 4 is 34.8 Å². The Bertz CT molecular complexity index is 1120. The molecule has 0 heterocycles. The van der Waals surface area contributed by atoms with Crippen molar-refractivity contribution < 1.29 is 9.59 Å². The summed E-state index contributed by atoms with van der Waals surface area (Å²) in [4.78, 5) is 28.5. The second kappa shape index (κ2) is 11.8. The van der Waals surface area contributed by atoms with Gasteiger partial charge in [0, 0.05) is 13.1 Å². The minimum atomic E-state index is -0.508. The van der Waals surface area contributed by atoms with Gasteiger partial charge in [0.25, 0.3) is 5.91 Å². The number of hydrogen-bond donors (Lipinski definition) is 2. The van der Waals surface area contributed by atoms with Crippen LogP contribution in [0.5, 0.6) is 0 Å². The van der Waals surface area contributed by atoms with Gasteiger partial charge in [-0.25, -0.2) is 0 Å². The van der Waals surface area contributed by atoms with Gasteiger partial charge in [-0.05, 0) is 48.3 Å². The van der Waals surface area contributed by atoms with E-state index >= 15 is 0 Å². The lowest BCUT2D eigenvalue weighted by molar-refractivity contribution is -0.120. The third kappa shape index (κ3) is 6.14. The van der Waals surface area contributed by atoms with Crippen molar-refractivity contribution in [1.82, 2.24) is 10.2 Å². The Kier molecular flexibility index (Phi) is 8.27. The lowest BCUT2D eigenvalue weighted by Gasteiger charge is -2.31. The average Bonchev–Trinajstić information content (AvgIpc) is 2.90. The molecular formula is C29H31N3O2S. The Balaban J connectivity index is 1.49. The maximum atomic E-state index is 13.4. The molecule has 4 rings (SSSR count). The molecule has 1 fully saturated rings. The maximum absolute atomic E-state index is 13.4. The van der Waals surface area contributed by atoms with Crippen LogP contribution in [0.2, 0.25) is 0 Å². The van der Waals surface area contributed by atoms with Crippen LogP contribution >= 0.6 is 12.2 Å². The van der Waals surface area contributed by atoms with Gasteiger partial charge in [0.05, 0.1) is 17.2 Å². The molecule has 0 unspecified atom stereocenters. The molecule has 6 heteroatoms. The molecule has 0 aromatic heterocycles. The van der Waals surface area contributed by atoms with Crippen LogP contribution < -0.4 is 10.6 Å². The van der Waals surface area contributed by atoms with Crippen LogP contribution in [0.15, 0.2) is 84.9 Å². The van der Waals surface area contributed by atoms with E-state index in [0.29, 0.717) is 11.3 Å². The molecule has 2 N–H and O–H groups in total. The summed E-state index contributed by atoms with van der Waals surface area (Å²) in [5.41, 5.74) is 2.88. The Hall–Kier alpha value is -3.51. The number of para-hydroxylation sites is 1. The predicted octanol–water partition coefficient (Wildman–Crippen LogP) is 5.74. The van der Waals surface area contributed by atoms with Crippen molar-refractivity contribution in [3.63, 3.8) is 0 Å². The minimum absolute atomic E-state index is 0.0411. The first-order chi connectivity index (χ1) is 17.0. The third-order valence-electron chi connectivity index (χ3n) is 6.61. The topological polar surface area (TPSA) is 61.4 Å². The predicted molar refractivity (Wildman–Crippen MR) is 144 cm³/mol. The summed E-state index contributed by atoms with van der Waals surface area (Å²) in [5.74, 6) is -0.782. The monoisotopic (exact) mass is 485 g/mol. The van der Waals surface area contributed by atoms with E-state index in [2.05, 4.69) is 10.6 Å². The van der Waals surface area contributed by atoms with Gasteiger partial charge in [-0.15, -0.1) is 0 Å². The van der Waals surface area contributed by atoms with Gasteiger partial charge < -0.3 is 15.5 Å². The summed E-state index contributed by atoms with van der Waals surface area (Å²) in [6.07, 6.45) is 5.61. The average molecular weight is 486 g/mol. The second-order valence-corrected chi connectivity index (χ2v) is 9.36. The number of carbonyl (C=O) groups excluding carboxylic acids is 2. The van der Waals surface area contributed by atoms with Crippen molar-refractivity contribution in [1.29, 1.82) is 0 Å². The molecular weight excluding hydrogens is 454 g/mol. The number of hydrogen-bond acceptors (Lipinski definition) is 3. The Morgan fingerprint density at radius 1 is 0.829 bits per heavy atom. The molecule has 1 aliphatic rings. The van der Waals surface area contributed by atoms with E-state index in [9.17, 15) is 9.59 Å². The molecule has 0 atom stereocenters. The highest BCUT2D eigenvalue weighted by molar-refractivity contribution is 7.80. The first-order valence-corrected chi connectivity index (χ1v) is 12.5. The molecule has 2 amide bonds. The quantitative estimate of drug-likeness (QED) is 0.437. The normalized spacial score (nSPS) is 13.8. The molecule has 3 aromatic rings. The van der Waals surface area contributed by atoms with Gasteiger partial charge in [-0.3, -0.25) is 9.59 Å². The number of nitrogens with zero attached hydrogens (tertiary/aromatic N) is 1. The molecule has 0 spiro atoms. The fraction of sp³-hybridized carbons (Fsp3) is 0.276. The van der Waals surface area contributed by atoms with E-state index in [0.717, 1.165) is 36.8 Å². The fourth-order valence-electron chi connectivity index (χ4n) is 4.73. The molecule has 5 nitrogen and oxygen atoms in total. The zero-order valence-electron chi connectivity index (χ0n) is 19.9. The number of amides is 2. The highest BCUT2D eigenvalue weighted by Crippen LogP contribution is 2.26. The Morgan fingerprint density at radius 2 is 1.37 bits per heavy atom. The van der Waals surface area contributed by atoms with Crippen molar-refractivity contribution in [2.45, 2.75) is 44.1 Å². The number of thiocarbonyl (C=S) groups is 1. The van der Waals surface area contributed by atoms with Crippen molar-refractivity contribution in [3.8, 4) is 0 Å². The van der Waals surface area contributed by atoms with Crippen LogP contribution in [0.4, 0.5) is 5.69 Å². The zero-order chi connectivity index (χ0) is 24.6. The Morgan fingerprint density at radius 3 is 1.97 bits per heavy atom. The fourth-order valence-corrected chi connectivity index (χ4v) is 4.94. The van der Waals surface area contributed by atoms with Gasteiger partial charge in [0.15, 0.2) is 5.11 Å². The highest BCUT2D eigenvalue weighted by atomic mass is 32.1. The first-order valence-electron chi connectivity index (χ1n) is 12.1. The molecule has 35 heavy (non-hydrogen) atoms. The molecule has 180 valence electrons. The summed E-state index contributed by atoms with van der Waals surface area (Å²) < 4.78 is 0. The first kappa shape index (κ1) is 24.6. The van der Waals surface area contributed by atoms with Crippen LogP contribution in [-0.4, -0.2) is 34.9 Å². The van der Waals surface area contributed by atoms with Crippen LogP contribution in [0.25, 0.3) is 0 Å². The summed E-state index contributed by atoms with van der Waals surface area (Å²) in [5, 5.41) is 6.09. The summed E-state index contributed by atoms with van der Waals surface area (Å²) in [6, 6.07) is 26.8. The molecule has 0 saturated heterocycles. The molecule has 0 aliphatic heterocycles. The largest absolute Gasteiger partial charge is 0.339 e. The standard InChI is InChI=1S/C29H31N3O2S/c1-32(23-17-9-4-10-18-23)28(34)24-19-11-12-20-25(24)30-29(35)31-27(33)26(21-13-5-2-6-14-21)22-15-7-3-8-16-22/h2-3,5-8,11-16,19-20,23,26H,4,9-10,17-18H2,1H3,(H2,30,31,33,35). The maximum Gasteiger partial charge on any atom is 0.255 e. The zero-order valence-corrected chi connectivity index (χ0v) is 20.8. The second-order valence-electron chi connectivity index (χ2n) is 8.95. The summed E-state index contributed by atoms with van der Waals surface area (Å²) in [6.45, 7) is 0. The molecule has 1 saturated carbocycles. The summed E-state index contributed by atoms with van der Waals surface area (Å²) in [7, 11) is 1.87. The van der Waals surface area contributed by atoms with E-state index in [1.807, 2.05) is 90.8 Å². The molecule has 0 radical (unpaired) electrons. The highest BCUT2D eigenvalue weighted by Gasteiger charge is 2.26. The number of nitrogens with one attached hydrogen (secondary N) is 2. The van der Waals surface area contributed by atoms with Crippen molar-refractivity contribution in [2.75, 3.05) is 12.4 Å². The van der Waals surface area contributed by atoms with Crippen LogP contribution in [0.3, 0.4) is 0 Å². The van der Waals surface area contributed by atoms with Gasteiger partial charge in [-0.2, -0.15) is 0 Å². The van der Waals surface area contributed by atoms with E-state index < -0.39 is 5.92 Å². The SMILES string of the molecule is CN(C(=O)c1ccccc1NC(=S)NC(=O)C(c1ccccc1)c1ccccc1)C1CCCCC1. The van der Waals surface area contributed by atoms with E-state index in [1.165, 1.54) is 6.42 Å². The number of rotatable bonds is 6. The van der Waals surface area contributed by atoms with E-state index in [4.69, 9.17) is 12.2 Å². The van der Waals surface area contributed by atoms with Gasteiger partial charge >= 0.3 is 0 Å². The molecule has 0 bridgehead atoms. The van der Waals surface area contributed by atoms with Crippen LogP contribution in [0.1, 0.15) is 59.5 Å². The van der Waals surface area contributed by atoms with Crippen molar-refractivity contribution in [3.05, 3.63) is 102 Å². The third-order valence-corrected chi connectivity index (χ3v) is 6.82. The lowest BCUT2D eigenvalue weighted by Crippen LogP contribution is -2.40. The van der Waals surface area contributed by atoms with Gasteiger partial charge in [0.1, 0.15) is 0 Å².